The summed E-state index contributed by atoms with van der Waals surface area (Å²) in [6.45, 7) is 7.70. The second-order valence-electron chi connectivity index (χ2n) is 7.89. The van der Waals surface area contributed by atoms with Gasteiger partial charge in [0.1, 0.15) is 0 Å². The van der Waals surface area contributed by atoms with Crippen molar-refractivity contribution in [1.29, 1.82) is 0 Å². The molecule has 2 aliphatic rings. The van der Waals surface area contributed by atoms with Crippen molar-refractivity contribution >= 4 is 11.6 Å². The second kappa shape index (κ2) is 8.87. The Hall–Kier alpha value is -1.59. The molecule has 1 saturated heterocycles. The van der Waals surface area contributed by atoms with E-state index in [4.69, 9.17) is 4.74 Å². The molecule has 5 nitrogen and oxygen atoms in total. The molecule has 2 fully saturated rings. The quantitative estimate of drug-likeness (QED) is 0.813. The fourth-order valence-electron chi connectivity index (χ4n) is 4.31. The Labute approximate surface area is 157 Å². The molecule has 0 aromatic heterocycles. The first-order valence-electron chi connectivity index (χ1n) is 9.94. The lowest BCUT2D eigenvalue weighted by molar-refractivity contribution is -0.124. The van der Waals surface area contributed by atoms with Crippen LogP contribution in [0.3, 0.4) is 0 Å². The molecule has 1 aliphatic heterocycles. The predicted octanol–water partition coefficient (Wildman–Crippen LogP) is 2.58. The number of aryl methyl sites for hydroxylation is 1. The zero-order valence-corrected chi connectivity index (χ0v) is 16.3. The Morgan fingerprint density at radius 3 is 2.58 bits per heavy atom. The zero-order valence-electron chi connectivity index (χ0n) is 16.3. The van der Waals surface area contributed by atoms with Gasteiger partial charge in [0.2, 0.25) is 5.91 Å². The summed E-state index contributed by atoms with van der Waals surface area (Å²) < 4.78 is 5.36. The van der Waals surface area contributed by atoms with Gasteiger partial charge in [-0.05, 0) is 37.5 Å². The van der Waals surface area contributed by atoms with Gasteiger partial charge in [0.15, 0.2) is 0 Å². The number of rotatable bonds is 7. The van der Waals surface area contributed by atoms with E-state index in [-0.39, 0.29) is 11.4 Å². The summed E-state index contributed by atoms with van der Waals surface area (Å²) in [5, 5.41) is 3.27. The Morgan fingerprint density at radius 2 is 1.92 bits per heavy atom. The van der Waals surface area contributed by atoms with Gasteiger partial charge in [-0.1, -0.05) is 25.0 Å². The molecule has 1 heterocycles. The first-order chi connectivity index (χ1) is 12.6. The van der Waals surface area contributed by atoms with Crippen molar-refractivity contribution in [1.82, 2.24) is 10.2 Å². The van der Waals surface area contributed by atoms with E-state index in [0.29, 0.717) is 13.0 Å². The minimum Gasteiger partial charge on any atom is -0.382 e. The Bertz CT molecular complexity index is 591. The smallest absolute Gasteiger partial charge is 0.221 e. The molecule has 0 spiro atoms. The van der Waals surface area contributed by atoms with Crippen molar-refractivity contribution in [3.8, 4) is 0 Å². The third-order valence-electron chi connectivity index (χ3n) is 5.78. The first-order valence-corrected chi connectivity index (χ1v) is 9.94. The van der Waals surface area contributed by atoms with Gasteiger partial charge in [-0.2, -0.15) is 0 Å². The van der Waals surface area contributed by atoms with Crippen LogP contribution in [0.25, 0.3) is 0 Å². The fraction of sp³-hybridized carbons (Fsp3) is 0.667. The van der Waals surface area contributed by atoms with E-state index in [1.54, 1.807) is 7.11 Å². The number of anilines is 1. The number of hydrogen-bond donors (Lipinski definition) is 1. The molecule has 1 aliphatic carbocycles. The van der Waals surface area contributed by atoms with Crippen molar-refractivity contribution in [2.75, 3.05) is 51.3 Å². The average Bonchev–Trinajstić information content (AvgIpc) is 3.09. The van der Waals surface area contributed by atoms with Crippen molar-refractivity contribution < 1.29 is 9.53 Å². The Balaban J connectivity index is 1.41. The van der Waals surface area contributed by atoms with Crippen LogP contribution in [0, 0.1) is 6.92 Å². The van der Waals surface area contributed by atoms with Gasteiger partial charge in [-0.15, -0.1) is 0 Å². The van der Waals surface area contributed by atoms with Crippen LogP contribution in [-0.2, 0) is 9.53 Å². The molecule has 0 atom stereocenters. The Morgan fingerprint density at radius 1 is 1.19 bits per heavy atom. The van der Waals surface area contributed by atoms with Crippen LogP contribution in [0.4, 0.5) is 5.69 Å². The van der Waals surface area contributed by atoms with Gasteiger partial charge >= 0.3 is 0 Å². The largest absolute Gasteiger partial charge is 0.382 e. The van der Waals surface area contributed by atoms with Gasteiger partial charge in [0.25, 0.3) is 0 Å². The maximum Gasteiger partial charge on any atom is 0.221 e. The third-order valence-corrected chi connectivity index (χ3v) is 5.78. The highest BCUT2D eigenvalue weighted by Gasteiger charge is 2.35. The minimum atomic E-state index is -0.115. The number of ether oxygens (including phenoxy) is 1. The monoisotopic (exact) mass is 359 g/mol. The summed E-state index contributed by atoms with van der Waals surface area (Å²) in [5.74, 6) is 0.171. The summed E-state index contributed by atoms with van der Waals surface area (Å²) in [5.41, 5.74) is 2.50. The molecule has 1 saturated carbocycles. The molecule has 3 rings (SSSR count). The summed E-state index contributed by atoms with van der Waals surface area (Å²) in [6.07, 6.45) is 5.04. The van der Waals surface area contributed by atoms with Gasteiger partial charge in [0, 0.05) is 51.9 Å². The molecule has 5 heteroatoms. The van der Waals surface area contributed by atoms with Crippen molar-refractivity contribution in [3.05, 3.63) is 29.8 Å². The number of piperazine rings is 1. The van der Waals surface area contributed by atoms with Gasteiger partial charge < -0.3 is 15.0 Å². The van der Waals surface area contributed by atoms with Gasteiger partial charge in [-0.3, -0.25) is 9.69 Å². The van der Waals surface area contributed by atoms with Crippen LogP contribution in [0.15, 0.2) is 24.3 Å². The summed E-state index contributed by atoms with van der Waals surface area (Å²) in [7, 11) is 1.72. The highest BCUT2D eigenvalue weighted by molar-refractivity contribution is 5.77. The molecular weight excluding hydrogens is 326 g/mol. The lowest BCUT2D eigenvalue weighted by atomic mass is 9.98. The van der Waals surface area contributed by atoms with E-state index in [9.17, 15) is 4.79 Å². The third kappa shape index (κ3) is 4.98. The van der Waals surface area contributed by atoms with E-state index in [2.05, 4.69) is 46.3 Å². The number of nitrogens with zero attached hydrogens (tertiary/aromatic N) is 2. The van der Waals surface area contributed by atoms with E-state index >= 15 is 0 Å². The molecular formula is C21H33N3O2. The van der Waals surface area contributed by atoms with Gasteiger partial charge in [-0.25, -0.2) is 0 Å². The predicted molar refractivity (Wildman–Crippen MR) is 106 cm³/mol. The van der Waals surface area contributed by atoms with E-state index in [0.717, 1.165) is 45.6 Å². The normalized spacial score (nSPS) is 20.3. The molecule has 0 unspecified atom stereocenters. The molecule has 1 N–H and O–H groups in total. The number of carbonyl (C=O) groups excluding carboxylic acids is 1. The van der Waals surface area contributed by atoms with Gasteiger partial charge in [0.05, 0.1) is 12.1 Å². The fourth-order valence-corrected chi connectivity index (χ4v) is 4.31. The van der Waals surface area contributed by atoms with Crippen molar-refractivity contribution in [2.45, 2.75) is 44.6 Å². The molecule has 0 radical (unpaired) electrons. The number of benzene rings is 1. The highest BCUT2D eigenvalue weighted by atomic mass is 16.5. The molecule has 1 aromatic rings. The average molecular weight is 360 g/mol. The first kappa shape index (κ1) is 19.2. The van der Waals surface area contributed by atoms with Crippen molar-refractivity contribution in [2.24, 2.45) is 0 Å². The van der Waals surface area contributed by atoms with Crippen LogP contribution in [-0.4, -0.2) is 62.8 Å². The number of amides is 1. The topological polar surface area (TPSA) is 44.8 Å². The molecule has 0 bridgehead atoms. The SMILES string of the molecule is COCC1(NC(=O)CCN2CCN(c3cccc(C)c3)CC2)CCCC1. The van der Waals surface area contributed by atoms with E-state index in [1.807, 2.05) is 0 Å². The van der Waals surface area contributed by atoms with Crippen LogP contribution in [0.1, 0.15) is 37.7 Å². The molecule has 144 valence electrons. The number of methoxy groups -OCH3 is 1. The number of carbonyl (C=O) groups is 1. The number of nitrogens with one attached hydrogen (secondary N) is 1. The zero-order chi connectivity index (χ0) is 18.4. The van der Waals surface area contributed by atoms with Crippen LogP contribution in [0.5, 0.6) is 0 Å². The summed E-state index contributed by atoms with van der Waals surface area (Å²) in [6, 6.07) is 8.70. The highest BCUT2D eigenvalue weighted by Crippen LogP contribution is 2.30. The molecule has 26 heavy (non-hydrogen) atoms. The van der Waals surface area contributed by atoms with Crippen LogP contribution < -0.4 is 10.2 Å². The molecule has 1 aromatic carbocycles. The summed E-state index contributed by atoms with van der Waals surface area (Å²) >= 11 is 0. The van der Waals surface area contributed by atoms with Crippen LogP contribution in [0.2, 0.25) is 0 Å². The van der Waals surface area contributed by atoms with E-state index in [1.165, 1.54) is 24.1 Å². The number of hydrogen-bond acceptors (Lipinski definition) is 4. The second-order valence-corrected chi connectivity index (χ2v) is 7.89. The lowest BCUT2D eigenvalue weighted by Crippen LogP contribution is -2.51. The molecule has 1 amide bonds. The van der Waals surface area contributed by atoms with Crippen LogP contribution >= 0.6 is 0 Å². The minimum absolute atomic E-state index is 0.115. The lowest BCUT2D eigenvalue weighted by Gasteiger charge is -2.36. The van der Waals surface area contributed by atoms with Crippen molar-refractivity contribution in [3.63, 3.8) is 0 Å². The van der Waals surface area contributed by atoms with E-state index < -0.39 is 0 Å². The summed E-state index contributed by atoms with van der Waals surface area (Å²) in [4.78, 5) is 17.3. The maximum atomic E-state index is 12.4. The Kier molecular flexibility index (Phi) is 6.54. The maximum absolute atomic E-state index is 12.4. The standard InChI is InChI=1S/C21H33N3O2/c1-18-6-5-7-19(16-18)24-14-12-23(13-15-24)11-8-20(25)22-21(17-26-2)9-3-4-10-21/h5-7,16H,3-4,8-15,17H2,1-2H3,(H,22,25).